The van der Waals surface area contributed by atoms with Crippen LogP contribution in [0.3, 0.4) is 0 Å². The van der Waals surface area contributed by atoms with Gasteiger partial charge in [0.1, 0.15) is 5.82 Å². The van der Waals surface area contributed by atoms with Crippen LogP contribution < -0.4 is 5.73 Å². The van der Waals surface area contributed by atoms with E-state index in [2.05, 4.69) is 11.8 Å². The number of benzene rings is 1. The summed E-state index contributed by atoms with van der Waals surface area (Å²) in [5.74, 6) is 4.65. The zero-order chi connectivity index (χ0) is 16.3. The monoisotopic (exact) mass is 312 g/mol. The SMILES string of the molecule is CCC(C)(C)N(C)S(=O)(=O)c1ccc(F)cc1C#CCN. The van der Waals surface area contributed by atoms with E-state index < -0.39 is 21.4 Å². The Morgan fingerprint density at radius 1 is 1.38 bits per heavy atom. The molecule has 0 saturated carbocycles. The lowest BCUT2D eigenvalue weighted by Gasteiger charge is -2.33. The molecule has 4 nitrogen and oxygen atoms in total. The Balaban J connectivity index is 3.45. The van der Waals surface area contributed by atoms with Gasteiger partial charge in [-0.15, -0.1) is 0 Å². The second-order valence-electron chi connectivity index (χ2n) is 5.28. The Morgan fingerprint density at radius 2 is 2.00 bits per heavy atom. The summed E-state index contributed by atoms with van der Waals surface area (Å²) < 4.78 is 40.1. The van der Waals surface area contributed by atoms with Crippen molar-refractivity contribution >= 4 is 10.0 Å². The van der Waals surface area contributed by atoms with Gasteiger partial charge in [-0.1, -0.05) is 18.8 Å². The first-order chi connectivity index (χ1) is 9.66. The van der Waals surface area contributed by atoms with Crippen molar-refractivity contribution in [2.45, 2.75) is 37.6 Å². The molecule has 21 heavy (non-hydrogen) atoms. The lowest BCUT2D eigenvalue weighted by molar-refractivity contribution is 0.257. The third-order valence-corrected chi connectivity index (χ3v) is 5.75. The summed E-state index contributed by atoms with van der Waals surface area (Å²) >= 11 is 0. The first-order valence-electron chi connectivity index (χ1n) is 6.64. The van der Waals surface area contributed by atoms with Crippen molar-refractivity contribution < 1.29 is 12.8 Å². The minimum Gasteiger partial charge on any atom is -0.320 e. The maximum absolute atomic E-state index is 13.4. The minimum absolute atomic E-state index is 0.00567. The summed E-state index contributed by atoms with van der Waals surface area (Å²) in [7, 11) is -2.25. The molecule has 0 amide bonds. The molecule has 0 bridgehead atoms. The van der Waals surface area contributed by atoms with Crippen LogP contribution in [0.15, 0.2) is 23.1 Å². The first-order valence-corrected chi connectivity index (χ1v) is 8.08. The molecule has 1 aromatic rings. The van der Waals surface area contributed by atoms with Gasteiger partial charge in [0, 0.05) is 18.2 Å². The average Bonchev–Trinajstić information content (AvgIpc) is 2.43. The van der Waals surface area contributed by atoms with E-state index in [1.807, 2.05) is 20.8 Å². The lowest BCUT2D eigenvalue weighted by atomic mass is 10.0. The van der Waals surface area contributed by atoms with Crippen molar-refractivity contribution in [1.29, 1.82) is 0 Å². The fraction of sp³-hybridized carbons (Fsp3) is 0.467. The summed E-state index contributed by atoms with van der Waals surface area (Å²) in [6.45, 7) is 5.65. The zero-order valence-corrected chi connectivity index (χ0v) is 13.6. The fourth-order valence-electron chi connectivity index (χ4n) is 1.67. The highest BCUT2D eigenvalue weighted by molar-refractivity contribution is 7.89. The standard InChI is InChI=1S/C15H21FN2O2S/c1-5-15(2,3)18(4)21(19,20)14-9-8-13(16)11-12(14)7-6-10-17/h8-9,11H,5,10,17H2,1-4H3. The smallest absolute Gasteiger partial charge is 0.244 e. The summed E-state index contributed by atoms with van der Waals surface area (Å²) in [6.07, 6.45) is 0.647. The Labute approximate surface area is 126 Å². The minimum atomic E-state index is -3.76. The number of sulfonamides is 1. The van der Waals surface area contributed by atoms with Gasteiger partial charge in [0.15, 0.2) is 0 Å². The third-order valence-electron chi connectivity index (χ3n) is 3.62. The Kier molecular flexibility index (Phi) is 5.51. The van der Waals surface area contributed by atoms with Crippen molar-refractivity contribution in [3.63, 3.8) is 0 Å². The summed E-state index contributed by atoms with van der Waals surface area (Å²) in [6, 6.07) is 3.48. The van der Waals surface area contributed by atoms with E-state index in [0.29, 0.717) is 6.42 Å². The molecule has 0 radical (unpaired) electrons. The molecular formula is C15H21FN2O2S. The van der Waals surface area contributed by atoms with Gasteiger partial charge >= 0.3 is 0 Å². The molecule has 1 aromatic carbocycles. The maximum Gasteiger partial charge on any atom is 0.244 e. The van der Waals surface area contributed by atoms with Crippen LogP contribution in [0, 0.1) is 17.7 Å². The predicted molar refractivity (Wildman–Crippen MR) is 81.7 cm³/mol. The fourth-order valence-corrected chi connectivity index (χ4v) is 3.37. The van der Waals surface area contributed by atoms with Crippen molar-refractivity contribution in [2.75, 3.05) is 13.6 Å². The first kappa shape index (κ1) is 17.6. The van der Waals surface area contributed by atoms with E-state index in [1.54, 1.807) is 0 Å². The van der Waals surface area contributed by atoms with E-state index in [0.717, 1.165) is 12.1 Å². The van der Waals surface area contributed by atoms with Gasteiger partial charge in [-0.3, -0.25) is 0 Å². The maximum atomic E-state index is 13.4. The van der Waals surface area contributed by atoms with E-state index in [9.17, 15) is 12.8 Å². The van der Waals surface area contributed by atoms with Crippen LogP contribution in [0.1, 0.15) is 32.8 Å². The summed E-state index contributed by atoms with van der Waals surface area (Å²) in [4.78, 5) is -0.00567. The molecule has 2 N–H and O–H groups in total. The number of hydrogen-bond acceptors (Lipinski definition) is 3. The van der Waals surface area contributed by atoms with Gasteiger partial charge in [0.2, 0.25) is 10.0 Å². The van der Waals surface area contributed by atoms with Gasteiger partial charge in [-0.05, 0) is 38.5 Å². The number of rotatable bonds is 4. The molecule has 116 valence electrons. The van der Waals surface area contributed by atoms with Crippen LogP contribution >= 0.6 is 0 Å². The predicted octanol–water partition coefficient (Wildman–Crippen LogP) is 1.95. The van der Waals surface area contributed by atoms with Crippen molar-refractivity contribution in [1.82, 2.24) is 4.31 Å². The van der Waals surface area contributed by atoms with E-state index >= 15 is 0 Å². The second kappa shape index (κ2) is 6.56. The van der Waals surface area contributed by atoms with Gasteiger partial charge in [-0.25, -0.2) is 12.8 Å². The van der Waals surface area contributed by atoms with Crippen LogP contribution in [-0.2, 0) is 10.0 Å². The van der Waals surface area contributed by atoms with E-state index in [1.165, 1.54) is 17.4 Å². The molecule has 0 aliphatic rings. The van der Waals surface area contributed by atoms with E-state index in [-0.39, 0.29) is 17.0 Å². The molecule has 0 heterocycles. The molecule has 0 aliphatic heterocycles. The van der Waals surface area contributed by atoms with Crippen molar-refractivity contribution in [3.05, 3.63) is 29.6 Å². The summed E-state index contributed by atoms with van der Waals surface area (Å²) in [5.41, 5.74) is 4.87. The third kappa shape index (κ3) is 3.82. The van der Waals surface area contributed by atoms with Gasteiger partial charge in [0.05, 0.1) is 11.4 Å². The zero-order valence-electron chi connectivity index (χ0n) is 12.8. The molecule has 0 saturated heterocycles. The van der Waals surface area contributed by atoms with Crippen LogP contribution in [-0.4, -0.2) is 31.9 Å². The van der Waals surface area contributed by atoms with Gasteiger partial charge in [0.25, 0.3) is 0 Å². The van der Waals surface area contributed by atoms with Crippen LogP contribution in [0.2, 0.25) is 0 Å². The molecule has 0 fully saturated rings. The second-order valence-corrected chi connectivity index (χ2v) is 7.22. The lowest BCUT2D eigenvalue weighted by Crippen LogP contribution is -2.44. The van der Waals surface area contributed by atoms with Crippen molar-refractivity contribution in [3.8, 4) is 11.8 Å². The van der Waals surface area contributed by atoms with Crippen LogP contribution in [0.4, 0.5) is 4.39 Å². The van der Waals surface area contributed by atoms with E-state index in [4.69, 9.17) is 5.73 Å². The number of nitrogens with zero attached hydrogens (tertiary/aromatic N) is 1. The summed E-state index contributed by atoms with van der Waals surface area (Å²) in [5, 5.41) is 0. The van der Waals surface area contributed by atoms with Crippen molar-refractivity contribution in [2.24, 2.45) is 5.73 Å². The Hall–Kier alpha value is -1.42. The van der Waals surface area contributed by atoms with Gasteiger partial charge < -0.3 is 5.73 Å². The van der Waals surface area contributed by atoms with Gasteiger partial charge in [-0.2, -0.15) is 4.31 Å². The number of halogens is 1. The number of hydrogen-bond donors (Lipinski definition) is 1. The molecule has 0 spiro atoms. The topological polar surface area (TPSA) is 63.4 Å². The van der Waals surface area contributed by atoms with Crippen LogP contribution in [0.5, 0.6) is 0 Å². The molecule has 0 unspecified atom stereocenters. The normalized spacial score (nSPS) is 12.1. The molecule has 0 atom stereocenters. The van der Waals surface area contributed by atoms with Crippen LogP contribution in [0.25, 0.3) is 0 Å². The number of nitrogens with two attached hydrogens (primary N) is 1. The largest absolute Gasteiger partial charge is 0.320 e. The highest BCUT2D eigenvalue weighted by Crippen LogP contribution is 2.27. The molecule has 6 heteroatoms. The highest BCUT2D eigenvalue weighted by atomic mass is 32.2. The highest BCUT2D eigenvalue weighted by Gasteiger charge is 2.33. The average molecular weight is 312 g/mol. The Morgan fingerprint density at radius 3 is 2.52 bits per heavy atom. The molecule has 0 aliphatic carbocycles. The molecule has 0 aromatic heterocycles. The molecular weight excluding hydrogens is 291 g/mol. The molecule has 1 rings (SSSR count). The quantitative estimate of drug-likeness (QED) is 0.864. The Bertz CT molecular complexity index is 673.